The number of carbonyl (C=O) groups excluding carboxylic acids is 1. The highest BCUT2D eigenvalue weighted by Crippen LogP contribution is 2.24. The average molecular weight is 403 g/mol. The maximum Gasteiger partial charge on any atom is 0.337 e. The summed E-state index contributed by atoms with van der Waals surface area (Å²) in [5.74, 6) is -0.760. The molecule has 0 fully saturated rings. The van der Waals surface area contributed by atoms with Crippen LogP contribution in [0, 0.1) is 5.82 Å². The molecule has 0 spiro atoms. The van der Waals surface area contributed by atoms with E-state index in [1.165, 1.54) is 55.8 Å². The van der Waals surface area contributed by atoms with Crippen LogP contribution in [0.15, 0.2) is 65.8 Å². The second-order valence-corrected chi connectivity index (χ2v) is 7.74. The fourth-order valence-corrected chi connectivity index (χ4v) is 3.97. The number of benzene rings is 2. The van der Waals surface area contributed by atoms with Gasteiger partial charge >= 0.3 is 5.97 Å². The summed E-state index contributed by atoms with van der Waals surface area (Å²) in [6.45, 7) is 0. The number of esters is 1. The number of methoxy groups -OCH3 is 1. The highest BCUT2D eigenvalue weighted by Gasteiger charge is 2.26. The van der Waals surface area contributed by atoms with Crippen LogP contribution in [0.5, 0.6) is 0 Å². The largest absolute Gasteiger partial charge is 0.465 e. The quantitative estimate of drug-likeness (QED) is 0.639. The lowest BCUT2D eigenvalue weighted by atomic mass is 10.1. The van der Waals surface area contributed by atoms with Crippen molar-refractivity contribution in [2.75, 3.05) is 7.11 Å². The number of imidazole rings is 1. The first-order chi connectivity index (χ1) is 13.3. The summed E-state index contributed by atoms with van der Waals surface area (Å²) in [5.41, 5.74) is 0.492. The molecule has 28 heavy (non-hydrogen) atoms. The van der Waals surface area contributed by atoms with Crippen molar-refractivity contribution in [3.05, 3.63) is 83.7 Å². The van der Waals surface area contributed by atoms with Gasteiger partial charge in [-0.2, -0.15) is 4.72 Å². The number of rotatable bonds is 6. The van der Waals surface area contributed by atoms with Crippen molar-refractivity contribution in [3.8, 4) is 0 Å². The third-order valence-electron chi connectivity index (χ3n) is 4.14. The number of sulfonamides is 1. The number of aromatic nitrogens is 2. The summed E-state index contributed by atoms with van der Waals surface area (Å²) in [5, 5.41) is 0. The van der Waals surface area contributed by atoms with Crippen molar-refractivity contribution in [2.24, 2.45) is 7.05 Å². The Kier molecular flexibility index (Phi) is 5.57. The van der Waals surface area contributed by atoms with E-state index in [0.29, 0.717) is 11.4 Å². The first-order valence-corrected chi connectivity index (χ1v) is 9.73. The van der Waals surface area contributed by atoms with Crippen molar-refractivity contribution in [3.63, 3.8) is 0 Å². The highest BCUT2D eigenvalue weighted by atomic mass is 32.2. The topological polar surface area (TPSA) is 90.3 Å². The summed E-state index contributed by atoms with van der Waals surface area (Å²) >= 11 is 0. The van der Waals surface area contributed by atoms with E-state index in [9.17, 15) is 17.6 Å². The SMILES string of the molecule is COC(=O)c1cccc(S(=O)(=O)N[C@@H](c2cccc(F)c2)c2nccn2C)c1. The summed E-state index contributed by atoms with van der Waals surface area (Å²) in [4.78, 5) is 15.8. The molecule has 0 bridgehead atoms. The van der Waals surface area contributed by atoms with Crippen LogP contribution in [0.1, 0.15) is 27.8 Å². The van der Waals surface area contributed by atoms with Gasteiger partial charge in [0, 0.05) is 19.4 Å². The van der Waals surface area contributed by atoms with E-state index < -0.39 is 27.9 Å². The van der Waals surface area contributed by atoms with Gasteiger partial charge in [0.05, 0.1) is 17.6 Å². The first-order valence-electron chi connectivity index (χ1n) is 8.25. The number of hydrogen-bond acceptors (Lipinski definition) is 5. The van der Waals surface area contributed by atoms with Crippen LogP contribution in [0.2, 0.25) is 0 Å². The van der Waals surface area contributed by atoms with Gasteiger partial charge in [-0.15, -0.1) is 0 Å². The molecule has 0 unspecified atom stereocenters. The van der Waals surface area contributed by atoms with E-state index in [4.69, 9.17) is 0 Å². The molecule has 0 amide bonds. The van der Waals surface area contributed by atoms with E-state index >= 15 is 0 Å². The van der Waals surface area contributed by atoms with Gasteiger partial charge in [0.15, 0.2) is 0 Å². The lowest BCUT2D eigenvalue weighted by molar-refractivity contribution is 0.0600. The molecule has 1 heterocycles. The molecule has 0 saturated carbocycles. The third kappa shape index (κ3) is 4.10. The van der Waals surface area contributed by atoms with Gasteiger partial charge in [-0.25, -0.2) is 22.6 Å². The van der Waals surface area contributed by atoms with Gasteiger partial charge in [-0.05, 0) is 35.9 Å². The normalized spacial score (nSPS) is 12.5. The lowest BCUT2D eigenvalue weighted by Crippen LogP contribution is -2.31. The van der Waals surface area contributed by atoms with Gasteiger partial charge < -0.3 is 9.30 Å². The Labute approximate surface area is 161 Å². The Morgan fingerprint density at radius 2 is 1.96 bits per heavy atom. The summed E-state index contributed by atoms with van der Waals surface area (Å²) in [7, 11) is -1.14. The zero-order valence-corrected chi connectivity index (χ0v) is 16.0. The van der Waals surface area contributed by atoms with Crippen LogP contribution in [0.3, 0.4) is 0 Å². The van der Waals surface area contributed by atoms with Gasteiger partial charge in [0.2, 0.25) is 10.0 Å². The van der Waals surface area contributed by atoms with Crippen molar-refractivity contribution < 1.29 is 22.3 Å². The predicted molar refractivity (Wildman–Crippen MR) is 99.6 cm³/mol. The minimum atomic E-state index is -4.06. The molecule has 0 radical (unpaired) electrons. The van der Waals surface area contributed by atoms with E-state index in [2.05, 4.69) is 14.4 Å². The van der Waals surface area contributed by atoms with Crippen molar-refractivity contribution in [2.45, 2.75) is 10.9 Å². The first kappa shape index (κ1) is 19.7. The van der Waals surface area contributed by atoms with E-state index in [1.54, 1.807) is 23.9 Å². The summed E-state index contributed by atoms with van der Waals surface area (Å²) < 4.78 is 48.5. The van der Waals surface area contributed by atoms with Crippen LogP contribution in [0.25, 0.3) is 0 Å². The number of nitrogens with zero attached hydrogens (tertiary/aromatic N) is 2. The van der Waals surface area contributed by atoms with Crippen molar-refractivity contribution in [1.82, 2.24) is 14.3 Å². The van der Waals surface area contributed by atoms with Crippen molar-refractivity contribution in [1.29, 1.82) is 0 Å². The molecule has 146 valence electrons. The molecular formula is C19H18FN3O4S. The second-order valence-electron chi connectivity index (χ2n) is 6.03. The lowest BCUT2D eigenvalue weighted by Gasteiger charge is -2.19. The molecule has 1 atom stereocenters. The maximum atomic E-state index is 13.8. The summed E-state index contributed by atoms with van der Waals surface area (Å²) in [6.07, 6.45) is 3.18. The Balaban J connectivity index is 2.03. The van der Waals surface area contributed by atoms with E-state index in [0.717, 1.165) is 0 Å². The monoisotopic (exact) mass is 403 g/mol. The smallest absolute Gasteiger partial charge is 0.337 e. The Hall–Kier alpha value is -3.04. The fraction of sp³-hybridized carbons (Fsp3) is 0.158. The van der Waals surface area contributed by atoms with Crippen LogP contribution < -0.4 is 4.72 Å². The molecule has 0 saturated heterocycles. The zero-order valence-electron chi connectivity index (χ0n) is 15.2. The maximum absolute atomic E-state index is 13.8. The summed E-state index contributed by atoms with van der Waals surface area (Å²) in [6, 6.07) is 10.2. The van der Waals surface area contributed by atoms with Gasteiger partial charge in [-0.1, -0.05) is 18.2 Å². The zero-order chi connectivity index (χ0) is 20.3. The Bertz CT molecular complexity index is 1110. The molecule has 3 rings (SSSR count). The van der Waals surface area contributed by atoms with Gasteiger partial charge in [-0.3, -0.25) is 0 Å². The van der Waals surface area contributed by atoms with Crippen LogP contribution in [-0.2, 0) is 21.8 Å². The number of aryl methyl sites for hydroxylation is 1. The molecule has 0 aliphatic heterocycles. The molecule has 7 nitrogen and oxygen atoms in total. The van der Waals surface area contributed by atoms with E-state index in [1.807, 2.05) is 0 Å². The second kappa shape index (κ2) is 7.91. The number of ether oxygens (including phenoxy) is 1. The standard InChI is InChI=1S/C19H18FN3O4S/c1-23-10-9-21-18(23)17(13-5-3-7-15(20)11-13)22-28(25,26)16-8-4-6-14(12-16)19(24)27-2/h3-12,17,22H,1-2H3/t17-/m0/s1. The van der Waals surface area contributed by atoms with Crippen LogP contribution in [0.4, 0.5) is 4.39 Å². The number of carbonyl (C=O) groups is 1. The molecular weight excluding hydrogens is 385 g/mol. The predicted octanol–water partition coefficient (Wildman–Crippen LogP) is 2.41. The Morgan fingerprint density at radius 1 is 1.21 bits per heavy atom. The molecule has 2 aromatic carbocycles. The minimum Gasteiger partial charge on any atom is -0.465 e. The fourth-order valence-electron chi connectivity index (χ4n) is 2.74. The van der Waals surface area contributed by atoms with Crippen LogP contribution in [-0.4, -0.2) is 31.0 Å². The number of nitrogens with one attached hydrogen (secondary N) is 1. The Morgan fingerprint density at radius 3 is 2.61 bits per heavy atom. The molecule has 1 aromatic heterocycles. The van der Waals surface area contributed by atoms with E-state index in [-0.39, 0.29) is 10.5 Å². The molecule has 3 aromatic rings. The number of halogens is 1. The molecule has 0 aliphatic rings. The molecule has 1 N–H and O–H groups in total. The minimum absolute atomic E-state index is 0.102. The molecule has 9 heteroatoms. The highest BCUT2D eigenvalue weighted by molar-refractivity contribution is 7.89. The number of hydrogen-bond donors (Lipinski definition) is 1. The van der Waals surface area contributed by atoms with Crippen LogP contribution >= 0.6 is 0 Å². The average Bonchev–Trinajstić information content (AvgIpc) is 3.11. The van der Waals surface area contributed by atoms with Gasteiger partial charge in [0.25, 0.3) is 0 Å². The van der Waals surface area contributed by atoms with Crippen molar-refractivity contribution >= 4 is 16.0 Å². The van der Waals surface area contributed by atoms with Gasteiger partial charge in [0.1, 0.15) is 17.7 Å². The molecule has 0 aliphatic carbocycles. The third-order valence-corrected chi connectivity index (χ3v) is 5.56.